The molecule has 124 valence electrons. The molecule has 0 unspecified atom stereocenters. The van der Waals surface area contributed by atoms with Gasteiger partial charge in [-0.05, 0) is 56.4 Å². The maximum absolute atomic E-state index is 13.0. The van der Waals surface area contributed by atoms with E-state index in [1.165, 1.54) is 4.90 Å². The van der Waals surface area contributed by atoms with Gasteiger partial charge in [0.05, 0.1) is 29.2 Å². The van der Waals surface area contributed by atoms with E-state index in [4.69, 9.17) is 4.74 Å². The summed E-state index contributed by atoms with van der Waals surface area (Å²) in [5.41, 5.74) is 0.303. The number of benzene rings is 1. The van der Waals surface area contributed by atoms with Gasteiger partial charge in [0.15, 0.2) is 0 Å². The molecule has 2 fully saturated rings. The highest BCUT2D eigenvalue weighted by molar-refractivity contribution is 6.24. The van der Waals surface area contributed by atoms with Crippen LogP contribution in [-0.4, -0.2) is 24.4 Å². The number of carbonyl (C=O) groups is 3. The van der Waals surface area contributed by atoms with Gasteiger partial charge < -0.3 is 4.74 Å². The fourth-order valence-electron chi connectivity index (χ4n) is 4.51. The number of amides is 2. The van der Waals surface area contributed by atoms with Crippen LogP contribution in [0.15, 0.2) is 36.4 Å². The van der Waals surface area contributed by atoms with E-state index >= 15 is 0 Å². The third-order valence-corrected chi connectivity index (χ3v) is 5.75. The monoisotopic (exact) mass is 325 g/mol. The number of ether oxygens (including phenoxy) is 1. The third kappa shape index (κ3) is 1.78. The van der Waals surface area contributed by atoms with Crippen LogP contribution in [0.4, 0.5) is 5.69 Å². The Balaban J connectivity index is 1.65. The summed E-state index contributed by atoms with van der Waals surface area (Å²) in [7, 11) is 0. The first-order valence-electron chi connectivity index (χ1n) is 8.32. The van der Waals surface area contributed by atoms with Crippen molar-refractivity contribution in [1.82, 2.24) is 0 Å². The van der Waals surface area contributed by atoms with Crippen LogP contribution in [-0.2, 0) is 14.3 Å². The average molecular weight is 325 g/mol. The van der Waals surface area contributed by atoms with Gasteiger partial charge in [0.25, 0.3) is 0 Å². The lowest BCUT2D eigenvalue weighted by atomic mass is 9.71. The lowest BCUT2D eigenvalue weighted by molar-refractivity contribution is -0.127. The minimum absolute atomic E-state index is 0.122. The van der Waals surface area contributed by atoms with Crippen molar-refractivity contribution in [3.63, 3.8) is 0 Å². The largest absolute Gasteiger partial charge is 0.462 e. The normalized spacial score (nSPS) is 33.2. The molecular weight excluding hydrogens is 306 g/mol. The van der Waals surface area contributed by atoms with Crippen molar-refractivity contribution in [2.24, 2.45) is 23.2 Å². The number of rotatable bonds is 3. The first kappa shape index (κ1) is 15.1. The summed E-state index contributed by atoms with van der Waals surface area (Å²) in [6, 6.07) is 6.47. The Kier molecular flexibility index (Phi) is 3.17. The van der Waals surface area contributed by atoms with Crippen molar-refractivity contribution in [2.75, 3.05) is 11.5 Å². The van der Waals surface area contributed by atoms with E-state index < -0.39 is 11.4 Å². The molecule has 5 nitrogen and oxygen atoms in total. The van der Waals surface area contributed by atoms with Crippen LogP contribution < -0.4 is 4.90 Å². The molecule has 0 spiro atoms. The van der Waals surface area contributed by atoms with Gasteiger partial charge in [-0.3, -0.25) is 9.59 Å². The second-order valence-corrected chi connectivity index (χ2v) is 6.90. The van der Waals surface area contributed by atoms with Gasteiger partial charge in [-0.15, -0.1) is 0 Å². The van der Waals surface area contributed by atoms with E-state index in [-0.39, 0.29) is 29.6 Å². The van der Waals surface area contributed by atoms with Crippen molar-refractivity contribution < 1.29 is 19.1 Å². The molecule has 2 aliphatic carbocycles. The molecule has 0 aromatic heterocycles. The van der Waals surface area contributed by atoms with E-state index in [0.29, 0.717) is 17.9 Å². The number of nitrogens with zero attached hydrogens (tertiary/aromatic N) is 1. The number of carbonyl (C=O) groups excluding carboxylic acids is 3. The minimum Gasteiger partial charge on any atom is -0.462 e. The van der Waals surface area contributed by atoms with Crippen molar-refractivity contribution in [2.45, 2.75) is 20.3 Å². The van der Waals surface area contributed by atoms with Crippen LogP contribution in [0.5, 0.6) is 0 Å². The number of fused-ring (bicyclic) bond motifs is 5. The Bertz CT molecular complexity index is 766. The predicted octanol–water partition coefficient (Wildman–Crippen LogP) is 2.56. The first-order chi connectivity index (χ1) is 11.5. The molecule has 4 atom stereocenters. The molecule has 1 aromatic carbocycles. The molecule has 0 N–H and O–H groups in total. The lowest BCUT2D eigenvalue weighted by Gasteiger charge is -2.28. The molecule has 4 rings (SSSR count). The van der Waals surface area contributed by atoms with Crippen LogP contribution in [0.2, 0.25) is 0 Å². The lowest BCUT2D eigenvalue weighted by Crippen LogP contribution is -2.37. The van der Waals surface area contributed by atoms with Gasteiger partial charge in [0, 0.05) is 0 Å². The number of hydrogen-bond donors (Lipinski definition) is 0. The zero-order valence-corrected chi connectivity index (χ0v) is 13.7. The van der Waals surface area contributed by atoms with Crippen molar-refractivity contribution >= 4 is 23.5 Å². The number of esters is 1. The average Bonchev–Trinajstić information content (AvgIpc) is 3.20. The smallest absolute Gasteiger partial charge is 0.338 e. The van der Waals surface area contributed by atoms with E-state index in [0.717, 1.165) is 6.42 Å². The Labute approximate surface area is 140 Å². The molecule has 3 aliphatic rings. The van der Waals surface area contributed by atoms with Crippen LogP contribution >= 0.6 is 0 Å². The molecule has 2 bridgehead atoms. The molecule has 1 heterocycles. The van der Waals surface area contributed by atoms with Crippen molar-refractivity contribution in [3.8, 4) is 0 Å². The topological polar surface area (TPSA) is 63.7 Å². The number of allylic oxidation sites excluding steroid dienone is 2. The summed E-state index contributed by atoms with van der Waals surface area (Å²) in [6.07, 6.45) is 5.06. The number of hydrogen-bond acceptors (Lipinski definition) is 4. The van der Waals surface area contributed by atoms with Gasteiger partial charge in [-0.1, -0.05) is 12.2 Å². The Morgan fingerprint density at radius 2 is 1.96 bits per heavy atom. The van der Waals surface area contributed by atoms with Crippen LogP contribution in [0, 0.1) is 23.2 Å². The second-order valence-electron chi connectivity index (χ2n) is 6.90. The molecule has 1 aliphatic heterocycles. The van der Waals surface area contributed by atoms with E-state index in [1.54, 1.807) is 31.2 Å². The summed E-state index contributed by atoms with van der Waals surface area (Å²) in [6.45, 7) is 3.97. The third-order valence-electron chi connectivity index (χ3n) is 5.75. The molecule has 1 aromatic rings. The fourth-order valence-corrected chi connectivity index (χ4v) is 4.51. The second kappa shape index (κ2) is 5.03. The summed E-state index contributed by atoms with van der Waals surface area (Å²) in [5.74, 6) is -0.603. The molecule has 24 heavy (non-hydrogen) atoms. The summed E-state index contributed by atoms with van der Waals surface area (Å²) in [5, 5.41) is 0. The Hall–Kier alpha value is -2.43. The SMILES string of the molecule is CCOC(=O)c1ccc(N2C(=O)[C@@H]3[C@@H]4C=C[C@@H](C4)[C@]3(C)C2=O)cc1. The van der Waals surface area contributed by atoms with E-state index in [9.17, 15) is 14.4 Å². The van der Waals surface area contributed by atoms with Gasteiger partial charge in [0.2, 0.25) is 11.8 Å². The van der Waals surface area contributed by atoms with Crippen LogP contribution in [0.3, 0.4) is 0 Å². The standard InChI is InChI=1S/C19H19NO4/c1-3-24-17(22)11-5-8-14(9-6-11)20-16(21)15-12-4-7-13(10-12)19(15,2)18(20)23/h4-9,12-13,15H,3,10H2,1-2H3/t12-,13+,15+,19+/m1/s1. The fraction of sp³-hybridized carbons (Fsp3) is 0.421. The van der Waals surface area contributed by atoms with Gasteiger partial charge in [-0.2, -0.15) is 0 Å². The summed E-state index contributed by atoms with van der Waals surface area (Å²) >= 11 is 0. The Morgan fingerprint density at radius 3 is 2.58 bits per heavy atom. The molecule has 1 saturated heterocycles. The predicted molar refractivity (Wildman–Crippen MR) is 87.2 cm³/mol. The van der Waals surface area contributed by atoms with Gasteiger partial charge in [-0.25, -0.2) is 9.69 Å². The van der Waals surface area contributed by atoms with Gasteiger partial charge >= 0.3 is 5.97 Å². The van der Waals surface area contributed by atoms with E-state index in [1.807, 2.05) is 6.92 Å². The minimum atomic E-state index is -0.629. The zero-order valence-electron chi connectivity index (χ0n) is 13.7. The maximum Gasteiger partial charge on any atom is 0.338 e. The highest BCUT2D eigenvalue weighted by Gasteiger charge is 2.67. The highest BCUT2D eigenvalue weighted by atomic mass is 16.5. The van der Waals surface area contributed by atoms with Crippen molar-refractivity contribution in [3.05, 3.63) is 42.0 Å². The summed E-state index contributed by atoms with van der Waals surface area (Å²) in [4.78, 5) is 38.9. The maximum atomic E-state index is 13.0. The highest BCUT2D eigenvalue weighted by Crippen LogP contribution is 2.60. The number of imide groups is 1. The molecule has 2 amide bonds. The molecule has 5 heteroatoms. The summed E-state index contributed by atoms with van der Waals surface area (Å²) < 4.78 is 4.95. The Morgan fingerprint density at radius 1 is 1.25 bits per heavy atom. The zero-order chi connectivity index (χ0) is 17.1. The first-order valence-corrected chi connectivity index (χ1v) is 8.32. The molecule has 0 radical (unpaired) electrons. The van der Waals surface area contributed by atoms with Crippen LogP contribution in [0.25, 0.3) is 0 Å². The van der Waals surface area contributed by atoms with E-state index in [2.05, 4.69) is 12.2 Å². The number of anilines is 1. The molecular formula is C19H19NO4. The molecule has 1 saturated carbocycles. The van der Waals surface area contributed by atoms with Crippen molar-refractivity contribution in [1.29, 1.82) is 0 Å². The van der Waals surface area contributed by atoms with Crippen LogP contribution in [0.1, 0.15) is 30.6 Å². The van der Waals surface area contributed by atoms with Gasteiger partial charge in [0.1, 0.15) is 0 Å². The quantitative estimate of drug-likeness (QED) is 0.487.